The zero-order chi connectivity index (χ0) is 9.52. The minimum atomic E-state index is 0.202. The van der Waals surface area contributed by atoms with Gasteiger partial charge in [0.25, 0.3) is 0 Å². The highest BCUT2D eigenvalue weighted by Crippen LogP contribution is 2.44. The van der Waals surface area contributed by atoms with Crippen LogP contribution in [0.2, 0.25) is 0 Å². The van der Waals surface area contributed by atoms with Crippen molar-refractivity contribution < 1.29 is 5.11 Å². The number of aliphatic hydroxyl groups excluding tert-OH is 1. The highest BCUT2D eigenvalue weighted by molar-refractivity contribution is 4.93. The van der Waals surface area contributed by atoms with Crippen LogP contribution in [0.15, 0.2) is 12.2 Å². The first kappa shape index (κ1) is 10.8. The first-order chi connectivity index (χ1) is 6.38. The number of hydrogen-bond donors (Lipinski definition) is 1. The second kappa shape index (κ2) is 6.20. The molecule has 1 rings (SSSR count). The lowest BCUT2D eigenvalue weighted by Gasteiger charge is -1.96. The van der Waals surface area contributed by atoms with E-state index >= 15 is 0 Å². The molecule has 0 amide bonds. The molecule has 0 heterocycles. The fourth-order valence-corrected chi connectivity index (χ4v) is 1.95. The molecule has 0 aromatic carbocycles. The fourth-order valence-electron chi connectivity index (χ4n) is 1.95. The lowest BCUT2D eigenvalue weighted by atomic mass is 10.1. The lowest BCUT2D eigenvalue weighted by molar-refractivity contribution is 0.342. The molecule has 76 valence electrons. The van der Waals surface area contributed by atoms with Gasteiger partial charge in [-0.25, -0.2) is 0 Å². The van der Waals surface area contributed by atoms with Crippen LogP contribution in [0.5, 0.6) is 0 Å². The number of allylic oxidation sites excluding steroid dienone is 1. The Bertz CT molecular complexity index is 151. The Labute approximate surface area is 81.9 Å². The van der Waals surface area contributed by atoms with E-state index in [0.717, 1.165) is 11.8 Å². The quantitative estimate of drug-likeness (QED) is 0.473. The summed E-state index contributed by atoms with van der Waals surface area (Å²) in [6.45, 7) is 2.46. The maximum Gasteiger partial charge on any atom is 0.0612 e. The molecule has 1 fully saturated rings. The maximum absolute atomic E-state index is 8.55. The van der Waals surface area contributed by atoms with E-state index in [1.54, 1.807) is 0 Å². The molecule has 13 heavy (non-hydrogen) atoms. The molecule has 1 N–H and O–H groups in total. The minimum absolute atomic E-state index is 0.202. The zero-order valence-corrected chi connectivity index (χ0v) is 8.71. The summed E-state index contributed by atoms with van der Waals surface area (Å²) in [5.41, 5.74) is 0. The van der Waals surface area contributed by atoms with Gasteiger partial charge >= 0.3 is 0 Å². The Kier molecular flexibility index (Phi) is 5.14. The van der Waals surface area contributed by atoms with E-state index in [4.69, 9.17) is 5.11 Å². The third-order valence-corrected chi connectivity index (χ3v) is 2.96. The zero-order valence-electron chi connectivity index (χ0n) is 8.71. The fraction of sp³-hybridized carbons (Fsp3) is 0.833. The van der Waals surface area contributed by atoms with Gasteiger partial charge in [0.15, 0.2) is 0 Å². The van der Waals surface area contributed by atoms with Gasteiger partial charge in [-0.3, -0.25) is 0 Å². The summed E-state index contributed by atoms with van der Waals surface area (Å²) in [4.78, 5) is 0. The first-order valence-electron chi connectivity index (χ1n) is 5.64. The van der Waals surface area contributed by atoms with Crippen LogP contribution in [0.1, 0.15) is 45.4 Å². The average molecular weight is 182 g/mol. The minimum Gasteiger partial charge on any atom is -0.392 e. The summed E-state index contributed by atoms with van der Waals surface area (Å²) in [5, 5.41) is 8.55. The molecule has 0 radical (unpaired) electrons. The number of unbranched alkanes of at least 4 members (excludes halogenated alkanes) is 2. The Morgan fingerprint density at radius 3 is 2.77 bits per heavy atom. The normalized spacial score (nSPS) is 26.9. The van der Waals surface area contributed by atoms with Gasteiger partial charge in [0, 0.05) is 0 Å². The summed E-state index contributed by atoms with van der Waals surface area (Å²) in [7, 11) is 0. The van der Waals surface area contributed by atoms with Crippen LogP contribution in [0.4, 0.5) is 0 Å². The summed E-state index contributed by atoms with van der Waals surface area (Å²) in [6, 6.07) is 0. The third-order valence-electron chi connectivity index (χ3n) is 2.96. The number of rotatable bonds is 7. The predicted octanol–water partition coefficient (Wildman–Crippen LogP) is 3.14. The van der Waals surface area contributed by atoms with Crippen molar-refractivity contribution in [3.63, 3.8) is 0 Å². The van der Waals surface area contributed by atoms with E-state index in [-0.39, 0.29) is 6.61 Å². The molecule has 1 aliphatic rings. The van der Waals surface area contributed by atoms with Crippen LogP contribution >= 0.6 is 0 Å². The average Bonchev–Trinajstić information content (AvgIpc) is 2.85. The Hall–Kier alpha value is -0.300. The molecule has 1 saturated carbocycles. The standard InChI is InChI=1S/C12H22O/c1-2-3-4-7-11-10-12(11)8-5-6-9-13/h5-6,11-13H,2-4,7-10H2,1H3/b6-5-/t11-,12-/m1/s1. The van der Waals surface area contributed by atoms with Gasteiger partial charge < -0.3 is 5.11 Å². The second-order valence-electron chi connectivity index (χ2n) is 4.14. The topological polar surface area (TPSA) is 20.2 Å². The molecule has 0 bridgehead atoms. The molecule has 0 saturated heterocycles. The molecular formula is C12H22O. The van der Waals surface area contributed by atoms with Gasteiger partial charge in [0.05, 0.1) is 6.61 Å². The molecule has 0 unspecified atom stereocenters. The van der Waals surface area contributed by atoms with Crippen molar-refractivity contribution in [3.8, 4) is 0 Å². The summed E-state index contributed by atoms with van der Waals surface area (Å²) >= 11 is 0. The number of aliphatic hydroxyl groups is 1. The van der Waals surface area contributed by atoms with Crippen molar-refractivity contribution in [1.82, 2.24) is 0 Å². The Morgan fingerprint density at radius 2 is 2.08 bits per heavy atom. The molecule has 2 atom stereocenters. The van der Waals surface area contributed by atoms with Crippen molar-refractivity contribution in [2.75, 3.05) is 6.61 Å². The second-order valence-corrected chi connectivity index (χ2v) is 4.14. The third kappa shape index (κ3) is 4.47. The monoisotopic (exact) mass is 182 g/mol. The van der Waals surface area contributed by atoms with Crippen molar-refractivity contribution in [3.05, 3.63) is 12.2 Å². The van der Waals surface area contributed by atoms with Crippen LogP contribution in [-0.4, -0.2) is 11.7 Å². The Morgan fingerprint density at radius 1 is 1.23 bits per heavy atom. The highest BCUT2D eigenvalue weighted by Gasteiger charge is 2.34. The van der Waals surface area contributed by atoms with E-state index in [2.05, 4.69) is 13.0 Å². The van der Waals surface area contributed by atoms with Gasteiger partial charge in [0.1, 0.15) is 0 Å². The van der Waals surface area contributed by atoms with Crippen LogP contribution < -0.4 is 0 Å². The SMILES string of the molecule is CCCCC[C@@H]1C[C@H]1C/C=C\CO. The smallest absolute Gasteiger partial charge is 0.0612 e. The lowest BCUT2D eigenvalue weighted by Crippen LogP contribution is -1.83. The van der Waals surface area contributed by atoms with Crippen LogP contribution in [-0.2, 0) is 0 Å². The van der Waals surface area contributed by atoms with Crippen LogP contribution in [0.25, 0.3) is 0 Å². The summed E-state index contributed by atoms with van der Waals surface area (Å²) in [6.07, 6.45) is 12.2. The van der Waals surface area contributed by atoms with Crippen LogP contribution in [0.3, 0.4) is 0 Å². The molecule has 0 aliphatic heterocycles. The van der Waals surface area contributed by atoms with Gasteiger partial charge in [0.2, 0.25) is 0 Å². The number of hydrogen-bond acceptors (Lipinski definition) is 1. The van der Waals surface area contributed by atoms with E-state index in [9.17, 15) is 0 Å². The van der Waals surface area contributed by atoms with Gasteiger partial charge in [-0.1, -0.05) is 44.8 Å². The van der Waals surface area contributed by atoms with Gasteiger partial charge in [-0.2, -0.15) is 0 Å². The van der Waals surface area contributed by atoms with E-state index in [1.807, 2.05) is 6.08 Å². The van der Waals surface area contributed by atoms with Crippen molar-refractivity contribution in [2.24, 2.45) is 11.8 Å². The Balaban J connectivity index is 1.93. The largest absolute Gasteiger partial charge is 0.392 e. The molecule has 0 spiro atoms. The van der Waals surface area contributed by atoms with Crippen molar-refractivity contribution in [2.45, 2.75) is 45.4 Å². The van der Waals surface area contributed by atoms with Gasteiger partial charge in [-0.05, 0) is 24.7 Å². The highest BCUT2D eigenvalue weighted by atomic mass is 16.2. The van der Waals surface area contributed by atoms with Crippen molar-refractivity contribution >= 4 is 0 Å². The summed E-state index contributed by atoms with van der Waals surface area (Å²) < 4.78 is 0. The van der Waals surface area contributed by atoms with Gasteiger partial charge in [-0.15, -0.1) is 0 Å². The van der Waals surface area contributed by atoms with Crippen LogP contribution in [0, 0.1) is 11.8 Å². The van der Waals surface area contributed by atoms with E-state index in [1.165, 1.54) is 38.5 Å². The molecule has 0 aromatic rings. The maximum atomic E-state index is 8.55. The van der Waals surface area contributed by atoms with Crippen molar-refractivity contribution in [1.29, 1.82) is 0 Å². The first-order valence-corrected chi connectivity index (χ1v) is 5.64. The molecule has 1 heteroatoms. The summed E-state index contributed by atoms with van der Waals surface area (Å²) in [5.74, 6) is 1.95. The molecular weight excluding hydrogens is 160 g/mol. The van der Waals surface area contributed by atoms with E-state index in [0.29, 0.717) is 0 Å². The molecule has 1 aliphatic carbocycles. The molecule has 1 nitrogen and oxygen atoms in total. The molecule has 0 aromatic heterocycles. The van der Waals surface area contributed by atoms with E-state index < -0.39 is 0 Å². The predicted molar refractivity (Wildman–Crippen MR) is 56.6 cm³/mol.